The molecular formula is C62H42N2. The summed E-state index contributed by atoms with van der Waals surface area (Å²) in [7, 11) is 0. The molecule has 1 aromatic heterocycles. The van der Waals surface area contributed by atoms with Crippen LogP contribution in [0.5, 0.6) is 0 Å². The number of para-hydroxylation sites is 4. The molecule has 2 nitrogen and oxygen atoms in total. The standard InChI is InChI=1S/C62H42N2/c1-3-18-45(19-4-1)53-28-15-21-46-22-16-29-56(62(46)53)54-26-10-13-31-59(54)64(51-38-35-44(36-39-51)48-34-33-43-17-7-8-20-47(43)41-48)58-30-12-9-25-52(58)49-37-40-61-57(42-49)55-27-11-14-32-60(55)63(61)50-23-5-2-6-24-50/h1-42H. The van der Waals surface area contributed by atoms with Gasteiger partial charge in [-0.05, 0) is 116 Å². The number of rotatable bonds is 8. The normalized spacial score (nSPS) is 11.4. The van der Waals surface area contributed by atoms with Gasteiger partial charge in [-0.3, -0.25) is 0 Å². The summed E-state index contributed by atoms with van der Waals surface area (Å²) in [6, 6.07) is 92.8. The van der Waals surface area contributed by atoms with Crippen LogP contribution in [0.1, 0.15) is 0 Å². The van der Waals surface area contributed by atoms with Crippen molar-refractivity contribution in [2.45, 2.75) is 0 Å². The monoisotopic (exact) mass is 814 g/mol. The van der Waals surface area contributed by atoms with Crippen LogP contribution in [0.4, 0.5) is 17.1 Å². The average molecular weight is 815 g/mol. The van der Waals surface area contributed by atoms with E-state index < -0.39 is 0 Å². The fraction of sp³-hybridized carbons (Fsp3) is 0. The van der Waals surface area contributed by atoms with Gasteiger partial charge in [-0.2, -0.15) is 0 Å². The summed E-state index contributed by atoms with van der Waals surface area (Å²) in [4.78, 5) is 2.47. The molecule has 2 heteroatoms. The maximum Gasteiger partial charge on any atom is 0.0541 e. The topological polar surface area (TPSA) is 8.17 Å². The molecule has 0 unspecified atom stereocenters. The van der Waals surface area contributed by atoms with Gasteiger partial charge in [-0.15, -0.1) is 0 Å². The Morgan fingerprint density at radius 3 is 1.64 bits per heavy atom. The van der Waals surface area contributed by atoms with Gasteiger partial charge < -0.3 is 9.47 Å². The molecular weight excluding hydrogens is 773 g/mol. The third-order valence-corrected chi connectivity index (χ3v) is 12.8. The van der Waals surface area contributed by atoms with E-state index in [1.807, 2.05) is 0 Å². The van der Waals surface area contributed by atoms with Crippen LogP contribution in [-0.4, -0.2) is 4.57 Å². The first kappa shape index (κ1) is 37.3. The lowest BCUT2D eigenvalue weighted by atomic mass is 9.90. The molecule has 12 aromatic rings. The van der Waals surface area contributed by atoms with Gasteiger partial charge in [0.15, 0.2) is 0 Å². The molecule has 0 aliphatic heterocycles. The van der Waals surface area contributed by atoms with Crippen molar-refractivity contribution in [3.63, 3.8) is 0 Å². The molecule has 0 aliphatic rings. The van der Waals surface area contributed by atoms with Crippen LogP contribution in [0.2, 0.25) is 0 Å². The van der Waals surface area contributed by atoms with Crippen LogP contribution in [0.15, 0.2) is 255 Å². The smallest absolute Gasteiger partial charge is 0.0541 e. The second-order valence-corrected chi connectivity index (χ2v) is 16.5. The van der Waals surface area contributed by atoms with E-state index in [1.54, 1.807) is 0 Å². The van der Waals surface area contributed by atoms with Crippen molar-refractivity contribution in [1.82, 2.24) is 4.57 Å². The highest BCUT2D eigenvalue weighted by Gasteiger charge is 2.23. The Morgan fingerprint density at radius 2 is 0.844 bits per heavy atom. The molecule has 0 fully saturated rings. The predicted octanol–water partition coefficient (Wildman–Crippen LogP) is 17.2. The fourth-order valence-corrected chi connectivity index (χ4v) is 9.81. The lowest BCUT2D eigenvalue weighted by molar-refractivity contribution is 1.18. The molecule has 0 atom stereocenters. The van der Waals surface area contributed by atoms with E-state index in [-0.39, 0.29) is 0 Å². The second kappa shape index (κ2) is 15.8. The second-order valence-electron chi connectivity index (χ2n) is 16.5. The summed E-state index contributed by atoms with van der Waals surface area (Å²) < 4.78 is 2.38. The molecule has 0 radical (unpaired) electrons. The molecule has 0 aliphatic carbocycles. The Hall–Kier alpha value is -8.46. The van der Waals surface area contributed by atoms with Gasteiger partial charge >= 0.3 is 0 Å². The third kappa shape index (κ3) is 6.44. The Labute approximate surface area is 373 Å². The number of anilines is 3. The minimum absolute atomic E-state index is 1.08. The van der Waals surface area contributed by atoms with Gasteiger partial charge in [0.2, 0.25) is 0 Å². The Balaban J connectivity index is 1.07. The molecule has 0 saturated carbocycles. The first-order valence-electron chi connectivity index (χ1n) is 22.0. The summed E-state index contributed by atoms with van der Waals surface area (Å²) in [5, 5.41) is 7.39. The molecule has 0 N–H and O–H groups in total. The van der Waals surface area contributed by atoms with E-state index in [0.29, 0.717) is 0 Å². The highest BCUT2D eigenvalue weighted by molar-refractivity contribution is 6.12. The number of nitrogens with zero attached hydrogens (tertiary/aromatic N) is 2. The summed E-state index contributed by atoms with van der Waals surface area (Å²) in [5.74, 6) is 0. The molecule has 64 heavy (non-hydrogen) atoms. The number of hydrogen-bond donors (Lipinski definition) is 0. The molecule has 1 heterocycles. The van der Waals surface area contributed by atoms with Crippen LogP contribution in [0, 0.1) is 0 Å². The highest BCUT2D eigenvalue weighted by atomic mass is 15.1. The lowest BCUT2D eigenvalue weighted by Crippen LogP contribution is -2.12. The first-order chi connectivity index (χ1) is 31.8. The number of aromatic nitrogens is 1. The summed E-state index contributed by atoms with van der Waals surface area (Å²) in [5.41, 5.74) is 16.3. The van der Waals surface area contributed by atoms with Crippen LogP contribution >= 0.6 is 0 Å². The average Bonchev–Trinajstić information content (AvgIpc) is 3.71. The quantitative estimate of drug-likeness (QED) is 0.148. The Bertz CT molecular complexity index is 3650. The van der Waals surface area contributed by atoms with E-state index in [0.717, 1.165) is 39.4 Å². The predicted molar refractivity (Wildman–Crippen MR) is 272 cm³/mol. The Kier molecular flexibility index (Phi) is 9.20. The van der Waals surface area contributed by atoms with Crippen molar-refractivity contribution in [3.8, 4) is 50.2 Å². The summed E-state index contributed by atoms with van der Waals surface area (Å²) in [6.45, 7) is 0. The van der Waals surface area contributed by atoms with Crippen molar-refractivity contribution in [1.29, 1.82) is 0 Å². The minimum Gasteiger partial charge on any atom is -0.309 e. The first-order valence-corrected chi connectivity index (χ1v) is 22.0. The van der Waals surface area contributed by atoms with Crippen molar-refractivity contribution < 1.29 is 0 Å². The zero-order chi connectivity index (χ0) is 42.4. The molecule has 300 valence electrons. The number of benzene rings is 11. The van der Waals surface area contributed by atoms with Gasteiger partial charge in [-0.25, -0.2) is 0 Å². The van der Waals surface area contributed by atoms with E-state index in [4.69, 9.17) is 0 Å². The van der Waals surface area contributed by atoms with Gasteiger partial charge in [0, 0.05) is 33.3 Å². The molecule has 11 aromatic carbocycles. The molecule has 12 rings (SSSR count). The van der Waals surface area contributed by atoms with E-state index in [9.17, 15) is 0 Å². The molecule has 0 amide bonds. The maximum atomic E-state index is 2.47. The van der Waals surface area contributed by atoms with Crippen LogP contribution in [0.25, 0.3) is 93.5 Å². The molecule has 0 saturated heterocycles. The van der Waals surface area contributed by atoms with Crippen molar-refractivity contribution in [2.75, 3.05) is 4.90 Å². The van der Waals surface area contributed by atoms with Gasteiger partial charge in [-0.1, -0.05) is 194 Å². The molecule has 0 spiro atoms. The number of hydrogen-bond acceptors (Lipinski definition) is 1. The van der Waals surface area contributed by atoms with Crippen LogP contribution < -0.4 is 4.90 Å². The summed E-state index contributed by atoms with van der Waals surface area (Å²) >= 11 is 0. The highest BCUT2D eigenvalue weighted by Crippen LogP contribution is 2.48. The van der Waals surface area contributed by atoms with E-state index in [2.05, 4.69) is 264 Å². The lowest BCUT2D eigenvalue weighted by Gasteiger charge is -2.30. The molecule has 0 bridgehead atoms. The zero-order valence-electron chi connectivity index (χ0n) is 35.1. The Morgan fingerprint density at radius 1 is 0.281 bits per heavy atom. The third-order valence-electron chi connectivity index (χ3n) is 12.8. The minimum atomic E-state index is 1.08. The number of fused-ring (bicyclic) bond motifs is 5. The van der Waals surface area contributed by atoms with Gasteiger partial charge in [0.1, 0.15) is 0 Å². The van der Waals surface area contributed by atoms with E-state index in [1.165, 1.54) is 71.2 Å². The summed E-state index contributed by atoms with van der Waals surface area (Å²) in [6.07, 6.45) is 0. The van der Waals surface area contributed by atoms with Crippen molar-refractivity contribution in [2.24, 2.45) is 0 Å². The SMILES string of the molecule is c1ccc(-c2cccc3cccc(-c4ccccc4N(c4ccc(-c5ccc6ccccc6c5)cc4)c4ccccc4-c4ccc5c(c4)c4ccccc4n5-c4ccccc4)c23)cc1. The largest absolute Gasteiger partial charge is 0.309 e. The maximum absolute atomic E-state index is 2.47. The van der Waals surface area contributed by atoms with Crippen molar-refractivity contribution in [3.05, 3.63) is 255 Å². The van der Waals surface area contributed by atoms with Gasteiger partial charge in [0.25, 0.3) is 0 Å². The van der Waals surface area contributed by atoms with Gasteiger partial charge in [0.05, 0.1) is 22.4 Å². The van der Waals surface area contributed by atoms with Crippen LogP contribution in [-0.2, 0) is 0 Å². The van der Waals surface area contributed by atoms with Crippen LogP contribution in [0.3, 0.4) is 0 Å². The van der Waals surface area contributed by atoms with E-state index >= 15 is 0 Å². The zero-order valence-corrected chi connectivity index (χ0v) is 35.1. The fourth-order valence-electron chi connectivity index (χ4n) is 9.81. The van der Waals surface area contributed by atoms with Crippen molar-refractivity contribution >= 4 is 60.4 Å².